The van der Waals surface area contributed by atoms with Gasteiger partial charge in [-0.15, -0.1) is 0 Å². The van der Waals surface area contributed by atoms with Gasteiger partial charge in [-0.1, -0.05) is 24.3 Å². The quantitative estimate of drug-likeness (QED) is 0.866. The van der Waals surface area contributed by atoms with Crippen molar-refractivity contribution >= 4 is 0 Å². The zero-order valence-electron chi connectivity index (χ0n) is 11.1. The zero-order valence-corrected chi connectivity index (χ0v) is 11.1. The number of piperidine rings is 1. The van der Waals surface area contributed by atoms with Crippen LogP contribution in [0.15, 0.2) is 24.3 Å². The molecule has 1 fully saturated rings. The van der Waals surface area contributed by atoms with E-state index in [2.05, 4.69) is 29.2 Å². The number of nitrogens with two attached hydrogens (primary N) is 1. The fourth-order valence-electron chi connectivity index (χ4n) is 3.49. The van der Waals surface area contributed by atoms with Crippen molar-refractivity contribution in [1.82, 2.24) is 4.90 Å². The van der Waals surface area contributed by atoms with E-state index < -0.39 is 0 Å². The first kappa shape index (κ1) is 12.2. The van der Waals surface area contributed by atoms with Crippen molar-refractivity contribution in [1.29, 1.82) is 0 Å². The number of benzene rings is 1. The van der Waals surface area contributed by atoms with Gasteiger partial charge in [0.2, 0.25) is 0 Å². The molecule has 1 atom stereocenters. The molecule has 0 amide bonds. The molecule has 18 heavy (non-hydrogen) atoms. The molecule has 0 saturated carbocycles. The van der Waals surface area contributed by atoms with Crippen molar-refractivity contribution in [2.24, 2.45) is 5.73 Å². The molecule has 1 aliphatic carbocycles. The van der Waals surface area contributed by atoms with Crippen LogP contribution in [0.5, 0.6) is 0 Å². The third-order valence-corrected chi connectivity index (χ3v) is 4.60. The van der Waals surface area contributed by atoms with Gasteiger partial charge in [0, 0.05) is 12.6 Å². The summed E-state index contributed by atoms with van der Waals surface area (Å²) in [5.74, 6) is 0.754. The Morgan fingerprint density at radius 3 is 2.72 bits per heavy atom. The van der Waals surface area contributed by atoms with Gasteiger partial charge in [-0.25, -0.2) is 0 Å². The third kappa shape index (κ3) is 2.60. The molecular weight excluding hydrogens is 220 g/mol. The average Bonchev–Trinajstić information content (AvgIpc) is 2.42. The van der Waals surface area contributed by atoms with Crippen LogP contribution in [0.25, 0.3) is 0 Å². The highest BCUT2D eigenvalue weighted by molar-refractivity contribution is 5.32. The van der Waals surface area contributed by atoms with Crippen molar-refractivity contribution < 1.29 is 0 Å². The molecule has 1 unspecified atom stereocenters. The lowest BCUT2D eigenvalue weighted by atomic mass is 9.82. The average molecular weight is 244 g/mol. The maximum Gasteiger partial charge on any atom is 0.00631 e. The summed E-state index contributed by atoms with van der Waals surface area (Å²) in [4.78, 5) is 2.62. The number of likely N-dealkylation sites (tertiary alicyclic amines) is 1. The van der Waals surface area contributed by atoms with Gasteiger partial charge in [-0.3, -0.25) is 0 Å². The van der Waals surface area contributed by atoms with Crippen molar-refractivity contribution in [2.45, 2.75) is 44.1 Å². The van der Waals surface area contributed by atoms with Crippen LogP contribution in [0.1, 0.15) is 42.7 Å². The highest BCUT2D eigenvalue weighted by Gasteiger charge is 2.24. The van der Waals surface area contributed by atoms with Gasteiger partial charge in [-0.2, -0.15) is 0 Å². The Morgan fingerprint density at radius 1 is 1.11 bits per heavy atom. The largest absolute Gasteiger partial charge is 0.328 e. The van der Waals surface area contributed by atoms with E-state index in [0.29, 0.717) is 6.04 Å². The molecule has 1 aromatic carbocycles. The summed E-state index contributed by atoms with van der Waals surface area (Å²) in [5.41, 5.74) is 9.18. The van der Waals surface area contributed by atoms with E-state index in [-0.39, 0.29) is 0 Å². The summed E-state index contributed by atoms with van der Waals surface area (Å²) >= 11 is 0. The van der Waals surface area contributed by atoms with Crippen LogP contribution in [0.3, 0.4) is 0 Å². The van der Waals surface area contributed by atoms with Crippen LogP contribution in [0.4, 0.5) is 0 Å². The van der Waals surface area contributed by atoms with Crippen molar-refractivity contribution in [3.05, 3.63) is 35.4 Å². The van der Waals surface area contributed by atoms with Crippen LogP contribution >= 0.6 is 0 Å². The Bertz CT molecular complexity index is 394. The van der Waals surface area contributed by atoms with Crippen molar-refractivity contribution in [2.75, 3.05) is 19.6 Å². The van der Waals surface area contributed by atoms with Gasteiger partial charge in [0.15, 0.2) is 0 Å². The maximum absolute atomic E-state index is 5.98. The minimum Gasteiger partial charge on any atom is -0.328 e. The molecular formula is C16H24N2. The van der Waals surface area contributed by atoms with Crippen LogP contribution in [-0.2, 0) is 6.42 Å². The molecule has 2 nitrogen and oxygen atoms in total. The topological polar surface area (TPSA) is 29.3 Å². The highest BCUT2D eigenvalue weighted by Crippen LogP contribution is 2.32. The van der Waals surface area contributed by atoms with Crippen LogP contribution in [-0.4, -0.2) is 30.6 Å². The standard InChI is InChI=1S/C16H24N2/c17-15-8-10-18(11-9-15)12-14-6-3-5-13-4-1-2-7-16(13)14/h1-2,4,7,14-15H,3,5-6,8-12,17H2. The highest BCUT2D eigenvalue weighted by atomic mass is 15.1. The molecule has 2 N–H and O–H groups in total. The number of hydrogen-bond donors (Lipinski definition) is 1. The zero-order chi connectivity index (χ0) is 12.4. The summed E-state index contributed by atoms with van der Waals surface area (Å²) in [6.07, 6.45) is 6.34. The number of rotatable bonds is 2. The van der Waals surface area contributed by atoms with Gasteiger partial charge in [0.25, 0.3) is 0 Å². The summed E-state index contributed by atoms with van der Waals surface area (Å²) in [6.45, 7) is 3.63. The molecule has 1 aliphatic heterocycles. The number of fused-ring (bicyclic) bond motifs is 1. The molecule has 1 heterocycles. The maximum atomic E-state index is 5.98. The second kappa shape index (κ2) is 5.41. The van der Waals surface area contributed by atoms with E-state index in [4.69, 9.17) is 5.73 Å². The monoisotopic (exact) mass is 244 g/mol. The number of nitrogens with zero attached hydrogens (tertiary/aromatic N) is 1. The molecule has 1 saturated heterocycles. The Morgan fingerprint density at radius 2 is 1.89 bits per heavy atom. The smallest absolute Gasteiger partial charge is 0.00631 e. The minimum atomic E-state index is 0.444. The van der Waals surface area contributed by atoms with Gasteiger partial charge >= 0.3 is 0 Å². The summed E-state index contributed by atoms with van der Waals surface area (Å²) in [6, 6.07) is 9.48. The molecule has 2 heteroatoms. The fraction of sp³-hybridized carbons (Fsp3) is 0.625. The third-order valence-electron chi connectivity index (χ3n) is 4.60. The lowest BCUT2D eigenvalue weighted by Gasteiger charge is -2.35. The molecule has 98 valence electrons. The van der Waals surface area contributed by atoms with Crippen LogP contribution in [0, 0.1) is 0 Å². The predicted molar refractivity (Wildman–Crippen MR) is 75.8 cm³/mol. The predicted octanol–water partition coefficient (Wildman–Crippen LogP) is 2.53. The van der Waals surface area contributed by atoms with E-state index in [1.165, 1.54) is 51.7 Å². The van der Waals surface area contributed by atoms with Gasteiger partial charge < -0.3 is 10.6 Å². The Kier molecular flexibility index (Phi) is 3.67. The molecule has 0 spiro atoms. The molecule has 0 aromatic heterocycles. The lowest BCUT2D eigenvalue weighted by molar-refractivity contribution is 0.196. The summed E-state index contributed by atoms with van der Waals surface area (Å²) < 4.78 is 0. The summed E-state index contributed by atoms with van der Waals surface area (Å²) in [5, 5.41) is 0. The van der Waals surface area contributed by atoms with E-state index in [9.17, 15) is 0 Å². The van der Waals surface area contributed by atoms with Crippen molar-refractivity contribution in [3.63, 3.8) is 0 Å². The fourth-order valence-corrected chi connectivity index (χ4v) is 3.49. The first-order valence-electron chi connectivity index (χ1n) is 7.38. The first-order valence-corrected chi connectivity index (χ1v) is 7.38. The minimum absolute atomic E-state index is 0.444. The van der Waals surface area contributed by atoms with Crippen LogP contribution in [0.2, 0.25) is 0 Å². The lowest BCUT2D eigenvalue weighted by Crippen LogP contribution is -2.41. The number of aryl methyl sites for hydroxylation is 1. The summed E-state index contributed by atoms with van der Waals surface area (Å²) in [7, 11) is 0. The normalized spacial score (nSPS) is 25.9. The molecule has 0 bridgehead atoms. The number of hydrogen-bond acceptors (Lipinski definition) is 2. The van der Waals surface area contributed by atoms with Gasteiger partial charge in [0.05, 0.1) is 0 Å². The van der Waals surface area contributed by atoms with E-state index in [1.807, 2.05) is 0 Å². The van der Waals surface area contributed by atoms with E-state index in [1.54, 1.807) is 11.1 Å². The molecule has 0 radical (unpaired) electrons. The second-order valence-electron chi connectivity index (χ2n) is 5.93. The van der Waals surface area contributed by atoms with Crippen LogP contribution < -0.4 is 5.73 Å². The van der Waals surface area contributed by atoms with Gasteiger partial charge in [-0.05, 0) is 62.2 Å². The molecule has 3 rings (SSSR count). The Labute approximate surface area is 110 Å². The molecule has 2 aliphatic rings. The SMILES string of the molecule is NC1CCN(CC2CCCc3ccccc32)CC1. The second-order valence-corrected chi connectivity index (χ2v) is 5.93. The first-order chi connectivity index (χ1) is 8.83. The Balaban J connectivity index is 1.67. The molecule has 1 aromatic rings. The van der Waals surface area contributed by atoms with Crippen molar-refractivity contribution in [3.8, 4) is 0 Å². The van der Waals surface area contributed by atoms with Gasteiger partial charge in [0.1, 0.15) is 0 Å². The van der Waals surface area contributed by atoms with E-state index in [0.717, 1.165) is 5.92 Å². The van der Waals surface area contributed by atoms with E-state index >= 15 is 0 Å². The Hall–Kier alpha value is -0.860.